The summed E-state index contributed by atoms with van der Waals surface area (Å²) in [6.07, 6.45) is 2.08. The van der Waals surface area contributed by atoms with E-state index in [1.807, 2.05) is 36.4 Å². The first-order valence-corrected chi connectivity index (χ1v) is 8.12. The number of benzene rings is 2. The van der Waals surface area contributed by atoms with Crippen LogP contribution in [-0.2, 0) is 20.9 Å². The molecule has 0 bridgehead atoms. The number of hydrogen-bond acceptors (Lipinski definition) is 4. The predicted molar refractivity (Wildman–Crippen MR) is 91.7 cm³/mol. The van der Waals surface area contributed by atoms with Crippen LogP contribution in [0.25, 0.3) is 0 Å². The molecule has 1 atom stereocenters. The monoisotopic (exact) mass is 326 g/mol. The lowest BCUT2D eigenvalue weighted by Crippen LogP contribution is -2.19. The maximum Gasteiger partial charge on any atom is 0.338 e. The standard InChI is InChI=1S/C20H22O4/c21-15-19(24-20(22)18-11-5-2-6-12-18)13-7-8-14-23-16-17-9-3-1-4-10-17/h1-6,9-12,15,19H,7-8,13-14,16H2. The van der Waals surface area contributed by atoms with E-state index in [1.54, 1.807) is 24.3 Å². The van der Waals surface area contributed by atoms with E-state index in [0.717, 1.165) is 18.4 Å². The maximum absolute atomic E-state index is 11.9. The van der Waals surface area contributed by atoms with Crippen LogP contribution in [0.15, 0.2) is 60.7 Å². The van der Waals surface area contributed by atoms with E-state index in [2.05, 4.69) is 0 Å². The van der Waals surface area contributed by atoms with Gasteiger partial charge in [0.05, 0.1) is 12.2 Å². The van der Waals surface area contributed by atoms with Gasteiger partial charge in [-0.05, 0) is 37.0 Å². The molecule has 2 aromatic carbocycles. The Morgan fingerprint density at radius 3 is 2.29 bits per heavy atom. The molecule has 0 saturated carbocycles. The van der Waals surface area contributed by atoms with Gasteiger partial charge in [-0.2, -0.15) is 0 Å². The lowest BCUT2D eigenvalue weighted by molar-refractivity contribution is -0.115. The highest BCUT2D eigenvalue weighted by Gasteiger charge is 2.14. The van der Waals surface area contributed by atoms with Gasteiger partial charge >= 0.3 is 5.97 Å². The number of hydrogen-bond donors (Lipinski definition) is 0. The van der Waals surface area contributed by atoms with Crippen molar-refractivity contribution in [2.45, 2.75) is 32.0 Å². The van der Waals surface area contributed by atoms with Gasteiger partial charge in [0.2, 0.25) is 0 Å². The number of unbranched alkanes of at least 4 members (excludes halogenated alkanes) is 1. The van der Waals surface area contributed by atoms with Gasteiger partial charge in [0.25, 0.3) is 0 Å². The lowest BCUT2D eigenvalue weighted by Gasteiger charge is -2.12. The van der Waals surface area contributed by atoms with Crippen molar-refractivity contribution in [1.29, 1.82) is 0 Å². The molecule has 2 rings (SSSR count). The fraction of sp³-hybridized carbons (Fsp3) is 0.300. The Hall–Kier alpha value is -2.46. The Morgan fingerprint density at radius 1 is 0.958 bits per heavy atom. The lowest BCUT2D eigenvalue weighted by atomic mass is 10.1. The van der Waals surface area contributed by atoms with Crippen LogP contribution in [0.5, 0.6) is 0 Å². The third kappa shape index (κ3) is 6.34. The molecule has 4 nitrogen and oxygen atoms in total. The predicted octanol–water partition coefficient (Wildman–Crippen LogP) is 3.80. The molecule has 0 fully saturated rings. The first-order chi connectivity index (χ1) is 11.8. The van der Waals surface area contributed by atoms with E-state index >= 15 is 0 Å². The number of carbonyl (C=O) groups is 2. The van der Waals surface area contributed by atoms with Crippen LogP contribution >= 0.6 is 0 Å². The molecule has 0 aliphatic heterocycles. The summed E-state index contributed by atoms with van der Waals surface area (Å²) in [6, 6.07) is 18.7. The Bertz CT molecular complexity index is 610. The van der Waals surface area contributed by atoms with Crippen molar-refractivity contribution < 1.29 is 19.1 Å². The Morgan fingerprint density at radius 2 is 1.62 bits per heavy atom. The van der Waals surface area contributed by atoms with Crippen molar-refractivity contribution in [1.82, 2.24) is 0 Å². The topological polar surface area (TPSA) is 52.6 Å². The van der Waals surface area contributed by atoms with Crippen LogP contribution in [0.4, 0.5) is 0 Å². The van der Waals surface area contributed by atoms with E-state index in [4.69, 9.17) is 9.47 Å². The SMILES string of the molecule is O=CC(CCCCOCc1ccccc1)OC(=O)c1ccccc1. The summed E-state index contributed by atoms with van der Waals surface area (Å²) in [7, 11) is 0. The fourth-order valence-electron chi connectivity index (χ4n) is 2.25. The second-order valence-electron chi connectivity index (χ2n) is 5.48. The molecule has 0 heterocycles. The number of ether oxygens (including phenoxy) is 2. The minimum atomic E-state index is -0.702. The van der Waals surface area contributed by atoms with Crippen molar-refractivity contribution >= 4 is 12.3 Å². The Kier molecular flexibility index (Phi) is 7.71. The summed E-state index contributed by atoms with van der Waals surface area (Å²) in [5, 5.41) is 0. The maximum atomic E-state index is 11.9. The number of esters is 1. The zero-order chi connectivity index (χ0) is 17.0. The van der Waals surface area contributed by atoms with Crippen LogP contribution in [0.2, 0.25) is 0 Å². The summed E-state index contributed by atoms with van der Waals surface area (Å²) in [4.78, 5) is 23.0. The van der Waals surface area contributed by atoms with Crippen LogP contribution < -0.4 is 0 Å². The molecule has 24 heavy (non-hydrogen) atoms. The van der Waals surface area contributed by atoms with Crippen LogP contribution in [0.3, 0.4) is 0 Å². The van der Waals surface area contributed by atoms with E-state index in [9.17, 15) is 9.59 Å². The van der Waals surface area contributed by atoms with Gasteiger partial charge in [-0.3, -0.25) is 4.79 Å². The van der Waals surface area contributed by atoms with Crippen LogP contribution in [0, 0.1) is 0 Å². The van der Waals surface area contributed by atoms with Crippen LogP contribution in [0.1, 0.15) is 35.2 Å². The molecule has 0 radical (unpaired) electrons. The smallest absolute Gasteiger partial charge is 0.338 e. The number of carbonyl (C=O) groups excluding carboxylic acids is 2. The fourth-order valence-corrected chi connectivity index (χ4v) is 2.25. The first kappa shape index (κ1) is 17.9. The van der Waals surface area contributed by atoms with E-state index in [-0.39, 0.29) is 0 Å². The summed E-state index contributed by atoms with van der Waals surface area (Å²) in [5.41, 5.74) is 1.59. The van der Waals surface area contributed by atoms with Gasteiger partial charge in [0.1, 0.15) is 0 Å². The van der Waals surface area contributed by atoms with Gasteiger partial charge in [-0.25, -0.2) is 4.79 Å². The molecule has 126 valence electrons. The van der Waals surface area contributed by atoms with Gasteiger partial charge in [-0.15, -0.1) is 0 Å². The molecule has 0 N–H and O–H groups in total. The van der Waals surface area contributed by atoms with E-state index in [1.165, 1.54) is 0 Å². The number of rotatable bonds is 10. The van der Waals surface area contributed by atoms with Gasteiger partial charge in [0, 0.05) is 6.61 Å². The van der Waals surface area contributed by atoms with Crippen molar-refractivity contribution in [3.63, 3.8) is 0 Å². The molecule has 0 spiro atoms. The first-order valence-electron chi connectivity index (χ1n) is 8.12. The molecule has 2 aromatic rings. The van der Waals surface area contributed by atoms with Crippen LogP contribution in [-0.4, -0.2) is 25.0 Å². The quantitative estimate of drug-likeness (QED) is 0.378. The average molecular weight is 326 g/mol. The minimum absolute atomic E-state index is 0.454. The molecular weight excluding hydrogens is 304 g/mol. The summed E-state index contributed by atoms with van der Waals surface area (Å²) in [5.74, 6) is -0.465. The largest absolute Gasteiger partial charge is 0.451 e. The molecule has 0 aliphatic rings. The highest BCUT2D eigenvalue weighted by atomic mass is 16.5. The third-order valence-corrected chi connectivity index (χ3v) is 3.56. The van der Waals surface area contributed by atoms with Gasteiger partial charge in [-0.1, -0.05) is 48.5 Å². The summed E-state index contributed by atoms with van der Waals surface area (Å²) < 4.78 is 10.8. The zero-order valence-corrected chi connectivity index (χ0v) is 13.6. The molecule has 0 aromatic heterocycles. The van der Waals surface area contributed by atoms with Crippen molar-refractivity contribution in [3.05, 3.63) is 71.8 Å². The minimum Gasteiger partial charge on any atom is -0.451 e. The van der Waals surface area contributed by atoms with Gasteiger partial charge < -0.3 is 9.47 Å². The highest BCUT2D eigenvalue weighted by molar-refractivity contribution is 5.90. The van der Waals surface area contributed by atoms with Crippen molar-refractivity contribution in [2.75, 3.05) is 6.61 Å². The third-order valence-electron chi connectivity index (χ3n) is 3.56. The zero-order valence-electron chi connectivity index (χ0n) is 13.6. The second kappa shape index (κ2) is 10.3. The Balaban J connectivity index is 1.61. The summed E-state index contributed by atoms with van der Waals surface area (Å²) >= 11 is 0. The molecule has 0 saturated heterocycles. The van der Waals surface area contributed by atoms with Gasteiger partial charge in [0.15, 0.2) is 12.4 Å². The van der Waals surface area contributed by atoms with Crippen molar-refractivity contribution in [2.24, 2.45) is 0 Å². The molecule has 4 heteroatoms. The highest BCUT2D eigenvalue weighted by Crippen LogP contribution is 2.09. The normalized spacial score (nSPS) is 11.7. The summed E-state index contributed by atoms with van der Waals surface area (Å²) in [6.45, 7) is 1.20. The molecule has 1 unspecified atom stereocenters. The number of aldehydes is 1. The Labute approximate surface area is 142 Å². The van der Waals surface area contributed by atoms with E-state index < -0.39 is 12.1 Å². The van der Waals surface area contributed by atoms with Crippen molar-refractivity contribution in [3.8, 4) is 0 Å². The molecular formula is C20H22O4. The molecule has 0 aliphatic carbocycles. The average Bonchev–Trinajstić information content (AvgIpc) is 2.65. The molecule has 0 amide bonds. The second-order valence-corrected chi connectivity index (χ2v) is 5.48. The van der Waals surface area contributed by atoms with E-state index in [0.29, 0.717) is 31.5 Å².